The Morgan fingerprint density at radius 3 is 2.71 bits per heavy atom. The van der Waals surface area contributed by atoms with Gasteiger partial charge in [0, 0.05) is 22.6 Å². The minimum absolute atomic E-state index is 0.0749. The predicted molar refractivity (Wildman–Crippen MR) is 124 cm³/mol. The Kier molecular flexibility index (Phi) is 6.32. The molecule has 0 spiro atoms. The van der Waals surface area contributed by atoms with Gasteiger partial charge in [-0.15, -0.1) is 0 Å². The molecule has 7 heteroatoms. The standard InChI is InChI=1S/C24H22BrN3O3/c1-3-15(2)16-4-7-20(8-5-16)30-14-23(29)27-19-6-9-22-21(11-19)28-24(31-22)17-10-18(25)13-26-12-17/h4-13,15H,3,14H2,1-2H3,(H,27,29)/t15-/m1/s1. The van der Waals surface area contributed by atoms with Gasteiger partial charge in [-0.1, -0.05) is 26.0 Å². The van der Waals surface area contributed by atoms with Crippen molar-refractivity contribution in [2.24, 2.45) is 0 Å². The second-order valence-electron chi connectivity index (χ2n) is 7.31. The number of nitrogens with zero attached hydrogens (tertiary/aromatic N) is 2. The third-order valence-corrected chi connectivity index (χ3v) is 5.49. The van der Waals surface area contributed by atoms with Gasteiger partial charge in [-0.3, -0.25) is 9.78 Å². The molecule has 0 saturated heterocycles. The van der Waals surface area contributed by atoms with E-state index in [9.17, 15) is 4.79 Å². The van der Waals surface area contributed by atoms with E-state index in [0.717, 1.165) is 16.5 Å². The zero-order valence-electron chi connectivity index (χ0n) is 17.3. The summed E-state index contributed by atoms with van der Waals surface area (Å²) >= 11 is 3.40. The number of fused-ring (bicyclic) bond motifs is 1. The molecular weight excluding hydrogens is 458 g/mol. The summed E-state index contributed by atoms with van der Waals surface area (Å²) in [4.78, 5) is 21.0. The lowest BCUT2D eigenvalue weighted by Gasteiger charge is -2.11. The molecular formula is C24H22BrN3O3. The fraction of sp³-hybridized carbons (Fsp3) is 0.208. The second-order valence-corrected chi connectivity index (χ2v) is 8.22. The molecule has 0 fully saturated rings. The number of hydrogen-bond acceptors (Lipinski definition) is 5. The number of rotatable bonds is 7. The molecule has 0 saturated carbocycles. The number of pyridine rings is 1. The van der Waals surface area contributed by atoms with Crippen molar-refractivity contribution in [1.82, 2.24) is 9.97 Å². The average molecular weight is 480 g/mol. The van der Waals surface area contributed by atoms with Gasteiger partial charge in [-0.05, 0) is 70.2 Å². The fourth-order valence-electron chi connectivity index (χ4n) is 3.13. The minimum Gasteiger partial charge on any atom is -0.484 e. The molecule has 2 heterocycles. The number of nitrogens with one attached hydrogen (secondary N) is 1. The molecule has 0 radical (unpaired) electrons. The van der Waals surface area contributed by atoms with E-state index in [-0.39, 0.29) is 12.5 Å². The average Bonchev–Trinajstić information content (AvgIpc) is 3.21. The molecule has 2 aromatic carbocycles. The van der Waals surface area contributed by atoms with E-state index in [4.69, 9.17) is 9.15 Å². The SMILES string of the molecule is CC[C@@H](C)c1ccc(OCC(=O)Nc2ccc3oc(-c4cncc(Br)c4)nc3c2)cc1. The molecule has 0 bridgehead atoms. The quantitative estimate of drug-likeness (QED) is 0.342. The molecule has 1 amide bonds. The highest BCUT2D eigenvalue weighted by molar-refractivity contribution is 9.10. The number of carbonyl (C=O) groups excluding carboxylic acids is 1. The van der Waals surface area contributed by atoms with Crippen LogP contribution < -0.4 is 10.1 Å². The van der Waals surface area contributed by atoms with Gasteiger partial charge in [-0.2, -0.15) is 0 Å². The van der Waals surface area contributed by atoms with Crippen LogP contribution in [0.3, 0.4) is 0 Å². The maximum absolute atomic E-state index is 12.3. The van der Waals surface area contributed by atoms with E-state index in [1.807, 2.05) is 30.3 Å². The first kappa shape index (κ1) is 21.1. The molecule has 4 aromatic rings. The van der Waals surface area contributed by atoms with E-state index in [2.05, 4.69) is 45.1 Å². The van der Waals surface area contributed by atoms with Gasteiger partial charge in [0.2, 0.25) is 5.89 Å². The molecule has 0 aliphatic rings. The predicted octanol–water partition coefficient (Wildman–Crippen LogP) is 6.18. The molecule has 6 nitrogen and oxygen atoms in total. The van der Waals surface area contributed by atoms with Gasteiger partial charge in [-0.25, -0.2) is 4.98 Å². The van der Waals surface area contributed by atoms with Crippen LogP contribution in [0.1, 0.15) is 31.7 Å². The molecule has 0 unspecified atom stereocenters. The number of ether oxygens (including phenoxy) is 1. The van der Waals surface area contributed by atoms with Crippen LogP contribution in [0.4, 0.5) is 5.69 Å². The molecule has 2 aromatic heterocycles. The first-order chi connectivity index (χ1) is 15.0. The summed E-state index contributed by atoms with van der Waals surface area (Å²) in [6.07, 6.45) is 4.46. The summed E-state index contributed by atoms with van der Waals surface area (Å²) in [7, 11) is 0. The van der Waals surface area contributed by atoms with E-state index in [1.54, 1.807) is 30.6 Å². The summed E-state index contributed by atoms with van der Waals surface area (Å²) in [6, 6.07) is 15.1. The van der Waals surface area contributed by atoms with Crippen molar-refractivity contribution in [2.75, 3.05) is 11.9 Å². The number of halogens is 1. The second kappa shape index (κ2) is 9.31. The van der Waals surface area contributed by atoms with Crippen LogP contribution in [0.15, 0.2) is 69.8 Å². The van der Waals surface area contributed by atoms with E-state index < -0.39 is 0 Å². The molecule has 158 valence electrons. The Morgan fingerprint density at radius 2 is 1.97 bits per heavy atom. The maximum Gasteiger partial charge on any atom is 0.262 e. The molecule has 4 rings (SSSR count). The van der Waals surface area contributed by atoms with Crippen LogP contribution >= 0.6 is 15.9 Å². The van der Waals surface area contributed by atoms with E-state index in [0.29, 0.717) is 34.3 Å². The van der Waals surface area contributed by atoms with Gasteiger partial charge in [0.15, 0.2) is 12.2 Å². The number of oxazole rings is 1. The van der Waals surface area contributed by atoms with E-state index >= 15 is 0 Å². The van der Waals surface area contributed by atoms with Crippen molar-refractivity contribution in [2.45, 2.75) is 26.2 Å². The summed E-state index contributed by atoms with van der Waals surface area (Å²) < 4.78 is 12.3. The number of aromatic nitrogens is 2. The van der Waals surface area contributed by atoms with Crippen LogP contribution in [0.5, 0.6) is 5.75 Å². The lowest BCUT2D eigenvalue weighted by atomic mass is 9.99. The molecule has 1 atom stereocenters. The highest BCUT2D eigenvalue weighted by Gasteiger charge is 2.11. The topological polar surface area (TPSA) is 77.2 Å². The largest absolute Gasteiger partial charge is 0.484 e. The van der Waals surface area contributed by atoms with Gasteiger partial charge >= 0.3 is 0 Å². The highest BCUT2D eigenvalue weighted by atomic mass is 79.9. The van der Waals surface area contributed by atoms with Crippen LogP contribution in [0.25, 0.3) is 22.6 Å². The van der Waals surface area contributed by atoms with Crippen LogP contribution in [0.2, 0.25) is 0 Å². The first-order valence-electron chi connectivity index (χ1n) is 10.1. The lowest BCUT2D eigenvalue weighted by Crippen LogP contribution is -2.20. The Labute approximate surface area is 188 Å². The van der Waals surface area contributed by atoms with Crippen molar-refractivity contribution in [1.29, 1.82) is 0 Å². The van der Waals surface area contributed by atoms with Crippen molar-refractivity contribution >= 4 is 38.6 Å². The Morgan fingerprint density at radius 1 is 1.16 bits per heavy atom. The molecule has 0 aliphatic carbocycles. The summed E-state index contributed by atoms with van der Waals surface area (Å²) in [5.41, 5.74) is 3.93. The Hall–Kier alpha value is -3.19. The molecule has 31 heavy (non-hydrogen) atoms. The van der Waals surface area contributed by atoms with E-state index in [1.165, 1.54) is 5.56 Å². The van der Waals surface area contributed by atoms with Crippen LogP contribution in [-0.4, -0.2) is 22.5 Å². The number of hydrogen-bond donors (Lipinski definition) is 1. The number of benzene rings is 2. The molecule has 1 N–H and O–H groups in total. The summed E-state index contributed by atoms with van der Waals surface area (Å²) in [5, 5.41) is 2.84. The Bertz CT molecular complexity index is 1200. The third-order valence-electron chi connectivity index (χ3n) is 5.05. The first-order valence-corrected chi connectivity index (χ1v) is 10.8. The van der Waals surface area contributed by atoms with Gasteiger partial charge in [0.25, 0.3) is 5.91 Å². The van der Waals surface area contributed by atoms with Gasteiger partial charge in [0.1, 0.15) is 11.3 Å². The maximum atomic E-state index is 12.3. The number of carbonyl (C=O) groups is 1. The van der Waals surface area contributed by atoms with Gasteiger partial charge < -0.3 is 14.5 Å². The monoisotopic (exact) mass is 479 g/mol. The minimum atomic E-state index is -0.245. The van der Waals surface area contributed by atoms with Crippen molar-refractivity contribution in [3.05, 3.63) is 71.0 Å². The Balaban J connectivity index is 1.39. The van der Waals surface area contributed by atoms with Crippen molar-refractivity contribution in [3.63, 3.8) is 0 Å². The highest BCUT2D eigenvalue weighted by Crippen LogP contribution is 2.27. The smallest absolute Gasteiger partial charge is 0.262 e. The fourth-order valence-corrected chi connectivity index (χ4v) is 3.50. The third kappa shape index (κ3) is 5.11. The van der Waals surface area contributed by atoms with Crippen LogP contribution in [0, 0.1) is 0 Å². The number of amides is 1. The van der Waals surface area contributed by atoms with Crippen molar-refractivity contribution < 1.29 is 13.9 Å². The zero-order chi connectivity index (χ0) is 21.8. The van der Waals surface area contributed by atoms with Crippen molar-refractivity contribution in [3.8, 4) is 17.2 Å². The zero-order valence-corrected chi connectivity index (χ0v) is 18.8. The normalized spacial score (nSPS) is 12.0. The summed E-state index contributed by atoms with van der Waals surface area (Å²) in [5.74, 6) is 1.40. The molecule has 0 aliphatic heterocycles. The summed E-state index contributed by atoms with van der Waals surface area (Å²) in [6.45, 7) is 4.27. The number of anilines is 1. The lowest BCUT2D eigenvalue weighted by molar-refractivity contribution is -0.118. The van der Waals surface area contributed by atoms with Crippen LogP contribution in [-0.2, 0) is 4.79 Å². The van der Waals surface area contributed by atoms with Gasteiger partial charge in [0.05, 0.1) is 5.56 Å².